The highest BCUT2D eigenvalue weighted by atomic mass is 16.5. The van der Waals surface area contributed by atoms with Gasteiger partial charge in [-0.15, -0.1) is 0 Å². The number of nitrogens with one attached hydrogen (secondary N) is 1. The highest BCUT2D eigenvalue weighted by molar-refractivity contribution is 5.95. The first-order valence-corrected chi connectivity index (χ1v) is 11.9. The standard InChI is InChI=1S/C21H32N2O3.C4H4O4/c1-3-4-13-23-14-7-10-18(23)21(24)22-16-11-12-19(25-2)20(15-16)26-17-8-5-6-9-17;5-3(6)1-2-4(7)8/h11-12,15,17-18H,3-10,13-14H2,1-2H3,(H,22,24);1-2H,(H,5,6)(H,7,8)/b;2-1+. The summed E-state index contributed by atoms with van der Waals surface area (Å²) >= 11 is 0. The molecule has 0 aromatic heterocycles. The lowest BCUT2D eigenvalue weighted by molar-refractivity contribution is -0.134. The number of carboxylic acid groups (broad SMARTS) is 2. The van der Waals surface area contributed by atoms with E-state index in [2.05, 4.69) is 17.1 Å². The second-order valence-electron chi connectivity index (χ2n) is 8.44. The Kier molecular flexibility index (Phi) is 11.4. The van der Waals surface area contributed by atoms with Crippen molar-refractivity contribution in [2.75, 3.05) is 25.5 Å². The van der Waals surface area contributed by atoms with E-state index in [0.29, 0.717) is 12.2 Å². The molecule has 1 aromatic rings. The molecular formula is C25H36N2O7. The Balaban J connectivity index is 0.000000440. The molecule has 0 radical (unpaired) electrons. The number of unbranched alkanes of at least 4 members (excludes halogenated alkanes) is 1. The molecule has 2 fully saturated rings. The van der Waals surface area contributed by atoms with E-state index < -0.39 is 11.9 Å². The Labute approximate surface area is 200 Å². The van der Waals surface area contributed by atoms with E-state index in [1.54, 1.807) is 7.11 Å². The predicted octanol–water partition coefficient (Wildman–Crippen LogP) is 3.93. The van der Waals surface area contributed by atoms with Crippen LogP contribution in [0.5, 0.6) is 11.5 Å². The molecule has 3 rings (SSSR count). The number of carboxylic acids is 2. The summed E-state index contributed by atoms with van der Waals surface area (Å²) in [6.07, 6.45) is 10.3. The van der Waals surface area contributed by atoms with Crippen LogP contribution in [0.2, 0.25) is 0 Å². The van der Waals surface area contributed by atoms with E-state index in [1.807, 2.05) is 18.2 Å². The van der Waals surface area contributed by atoms with Crippen molar-refractivity contribution >= 4 is 23.5 Å². The first-order valence-electron chi connectivity index (χ1n) is 11.9. The van der Waals surface area contributed by atoms with Crippen molar-refractivity contribution in [1.82, 2.24) is 4.90 Å². The summed E-state index contributed by atoms with van der Waals surface area (Å²) in [6, 6.07) is 5.66. The van der Waals surface area contributed by atoms with Crippen molar-refractivity contribution < 1.29 is 34.1 Å². The smallest absolute Gasteiger partial charge is 0.328 e. The number of hydrogen-bond acceptors (Lipinski definition) is 6. The summed E-state index contributed by atoms with van der Waals surface area (Å²) in [6.45, 7) is 4.22. The van der Waals surface area contributed by atoms with Gasteiger partial charge in [0.05, 0.1) is 19.3 Å². The number of amides is 1. The third-order valence-corrected chi connectivity index (χ3v) is 5.86. The van der Waals surface area contributed by atoms with Gasteiger partial charge in [-0.25, -0.2) is 9.59 Å². The van der Waals surface area contributed by atoms with Crippen molar-refractivity contribution in [3.63, 3.8) is 0 Å². The van der Waals surface area contributed by atoms with Crippen LogP contribution < -0.4 is 14.8 Å². The molecule has 1 saturated heterocycles. The zero-order valence-corrected chi connectivity index (χ0v) is 20.0. The summed E-state index contributed by atoms with van der Waals surface area (Å²) in [5, 5.41) is 18.7. The molecule has 188 valence electrons. The minimum Gasteiger partial charge on any atom is -0.493 e. The number of nitrogens with zero attached hydrogens (tertiary/aromatic N) is 1. The van der Waals surface area contributed by atoms with Gasteiger partial charge in [0, 0.05) is 23.9 Å². The van der Waals surface area contributed by atoms with E-state index in [9.17, 15) is 14.4 Å². The molecule has 9 nitrogen and oxygen atoms in total. The number of ether oxygens (including phenoxy) is 2. The maximum absolute atomic E-state index is 12.8. The van der Waals surface area contributed by atoms with E-state index in [1.165, 1.54) is 12.8 Å². The van der Waals surface area contributed by atoms with E-state index in [-0.39, 0.29) is 18.1 Å². The maximum atomic E-state index is 12.8. The lowest BCUT2D eigenvalue weighted by Gasteiger charge is -2.23. The molecule has 9 heteroatoms. The second-order valence-corrected chi connectivity index (χ2v) is 8.44. The summed E-state index contributed by atoms with van der Waals surface area (Å²) in [4.78, 5) is 34.2. The fourth-order valence-electron chi connectivity index (χ4n) is 4.15. The number of likely N-dealkylation sites (tertiary alicyclic amines) is 1. The van der Waals surface area contributed by atoms with Gasteiger partial charge in [0.15, 0.2) is 11.5 Å². The Bertz CT molecular complexity index is 834. The number of rotatable bonds is 10. The molecule has 1 amide bonds. The molecule has 1 unspecified atom stereocenters. The van der Waals surface area contributed by atoms with Gasteiger partial charge in [0.25, 0.3) is 0 Å². The zero-order valence-electron chi connectivity index (χ0n) is 20.0. The molecule has 1 saturated carbocycles. The van der Waals surface area contributed by atoms with Crippen LogP contribution in [-0.2, 0) is 14.4 Å². The van der Waals surface area contributed by atoms with Crippen molar-refractivity contribution in [2.45, 2.75) is 70.4 Å². The van der Waals surface area contributed by atoms with Crippen molar-refractivity contribution in [1.29, 1.82) is 0 Å². The summed E-state index contributed by atoms with van der Waals surface area (Å²) in [5.74, 6) is -0.970. The monoisotopic (exact) mass is 476 g/mol. The van der Waals surface area contributed by atoms with Gasteiger partial charge >= 0.3 is 11.9 Å². The minimum absolute atomic E-state index is 0.0112. The van der Waals surface area contributed by atoms with Crippen LogP contribution in [0.15, 0.2) is 30.4 Å². The number of carbonyl (C=O) groups is 3. The van der Waals surface area contributed by atoms with Gasteiger partial charge in [-0.05, 0) is 70.2 Å². The average Bonchev–Trinajstić information content (AvgIpc) is 3.49. The normalized spacial score (nSPS) is 18.4. The van der Waals surface area contributed by atoms with Crippen molar-refractivity contribution in [3.8, 4) is 11.5 Å². The molecule has 3 N–H and O–H groups in total. The van der Waals surface area contributed by atoms with Gasteiger partial charge < -0.3 is 25.0 Å². The largest absolute Gasteiger partial charge is 0.493 e. The number of hydrogen-bond donors (Lipinski definition) is 3. The fraction of sp³-hybridized carbons (Fsp3) is 0.560. The average molecular weight is 477 g/mol. The van der Waals surface area contributed by atoms with Crippen LogP contribution in [0.3, 0.4) is 0 Å². The summed E-state index contributed by atoms with van der Waals surface area (Å²) < 4.78 is 11.6. The molecular weight excluding hydrogens is 440 g/mol. The van der Waals surface area contributed by atoms with Crippen LogP contribution in [0, 0.1) is 0 Å². The Morgan fingerprint density at radius 2 is 1.74 bits per heavy atom. The molecule has 1 aliphatic carbocycles. The first-order chi connectivity index (χ1) is 16.3. The lowest BCUT2D eigenvalue weighted by Crippen LogP contribution is -2.40. The van der Waals surface area contributed by atoms with Gasteiger partial charge in [0.1, 0.15) is 0 Å². The number of carbonyl (C=O) groups excluding carboxylic acids is 1. The van der Waals surface area contributed by atoms with E-state index >= 15 is 0 Å². The van der Waals surface area contributed by atoms with E-state index in [0.717, 1.165) is 68.8 Å². The Morgan fingerprint density at radius 1 is 1.06 bits per heavy atom. The summed E-state index contributed by atoms with van der Waals surface area (Å²) in [7, 11) is 1.65. The molecule has 2 aliphatic rings. The van der Waals surface area contributed by atoms with Crippen LogP contribution >= 0.6 is 0 Å². The number of anilines is 1. The first kappa shape index (κ1) is 27.2. The topological polar surface area (TPSA) is 125 Å². The molecule has 1 aliphatic heterocycles. The van der Waals surface area contributed by atoms with Crippen LogP contribution in [0.4, 0.5) is 5.69 Å². The van der Waals surface area contributed by atoms with Crippen molar-refractivity contribution in [2.24, 2.45) is 0 Å². The highest BCUT2D eigenvalue weighted by Crippen LogP contribution is 2.34. The zero-order chi connectivity index (χ0) is 24.9. The van der Waals surface area contributed by atoms with Crippen LogP contribution in [0.1, 0.15) is 58.3 Å². The van der Waals surface area contributed by atoms with Gasteiger partial charge in [-0.3, -0.25) is 9.69 Å². The molecule has 1 aromatic carbocycles. The summed E-state index contributed by atoms with van der Waals surface area (Å²) in [5.41, 5.74) is 0.783. The maximum Gasteiger partial charge on any atom is 0.328 e. The van der Waals surface area contributed by atoms with Crippen LogP contribution in [0.25, 0.3) is 0 Å². The molecule has 1 heterocycles. The SMILES string of the molecule is CCCCN1CCCC1C(=O)Nc1ccc(OC)c(OC2CCCC2)c1.O=C(O)/C=C/C(=O)O. The van der Waals surface area contributed by atoms with Gasteiger partial charge in [0.2, 0.25) is 5.91 Å². The van der Waals surface area contributed by atoms with Gasteiger partial charge in [-0.2, -0.15) is 0 Å². The third kappa shape index (κ3) is 9.05. The van der Waals surface area contributed by atoms with Gasteiger partial charge in [-0.1, -0.05) is 13.3 Å². The predicted molar refractivity (Wildman–Crippen MR) is 128 cm³/mol. The third-order valence-electron chi connectivity index (χ3n) is 5.86. The van der Waals surface area contributed by atoms with E-state index in [4.69, 9.17) is 19.7 Å². The number of aliphatic carboxylic acids is 2. The fourth-order valence-corrected chi connectivity index (χ4v) is 4.15. The molecule has 0 spiro atoms. The molecule has 34 heavy (non-hydrogen) atoms. The lowest BCUT2D eigenvalue weighted by atomic mass is 10.2. The minimum atomic E-state index is -1.26. The number of benzene rings is 1. The van der Waals surface area contributed by atoms with Crippen molar-refractivity contribution in [3.05, 3.63) is 30.4 Å². The highest BCUT2D eigenvalue weighted by Gasteiger charge is 2.30. The van der Waals surface area contributed by atoms with Crippen LogP contribution in [-0.4, -0.2) is 65.3 Å². The molecule has 1 atom stereocenters. The second kappa shape index (κ2) is 14.2. The quantitative estimate of drug-likeness (QED) is 0.434. The molecule has 0 bridgehead atoms. The Morgan fingerprint density at radius 3 is 2.32 bits per heavy atom. The number of methoxy groups -OCH3 is 1. The Hall–Kier alpha value is -3.07.